The summed E-state index contributed by atoms with van der Waals surface area (Å²) in [6.07, 6.45) is 4.72. The molecule has 0 saturated carbocycles. The van der Waals surface area contributed by atoms with Crippen LogP contribution in [-0.2, 0) is 11.2 Å². The van der Waals surface area contributed by atoms with Crippen molar-refractivity contribution in [3.63, 3.8) is 0 Å². The molecule has 0 atom stereocenters. The molecule has 1 heterocycles. The maximum atomic E-state index is 5.11. The highest BCUT2D eigenvalue weighted by Crippen LogP contribution is 2.28. The van der Waals surface area contributed by atoms with Gasteiger partial charge in [0.15, 0.2) is 0 Å². The van der Waals surface area contributed by atoms with Crippen molar-refractivity contribution in [2.24, 2.45) is 0 Å². The Balaban J connectivity index is 1.98. The topological polar surface area (TPSA) is 22.1 Å². The summed E-state index contributed by atoms with van der Waals surface area (Å²) in [6.45, 7) is 0.761. The second kappa shape index (κ2) is 5.85. The Kier molecular flexibility index (Phi) is 3.75. The molecule has 0 spiro atoms. The Morgan fingerprint density at radius 2 is 1.85 bits per heavy atom. The molecule has 0 unspecified atom stereocenters. The molecule has 0 N–H and O–H groups in total. The molecule has 0 amide bonds. The predicted octanol–water partition coefficient (Wildman–Crippen LogP) is 4.09. The third kappa shape index (κ3) is 2.56. The van der Waals surface area contributed by atoms with Gasteiger partial charge in [-0.3, -0.25) is 4.98 Å². The molecular formula is C18H17NO. The van der Waals surface area contributed by atoms with Crippen LogP contribution in [0.4, 0.5) is 0 Å². The van der Waals surface area contributed by atoms with Gasteiger partial charge in [-0.1, -0.05) is 42.5 Å². The highest BCUT2D eigenvalue weighted by molar-refractivity contribution is 5.95. The first kappa shape index (κ1) is 12.8. The minimum atomic E-state index is 0.761. The van der Waals surface area contributed by atoms with Crippen LogP contribution in [0.1, 0.15) is 5.56 Å². The smallest absolute Gasteiger partial charge is 0.0502 e. The molecule has 2 heteroatoms. The van der Waals surface area contributed by atoms with Gasteiger partial charge in [-0.15, -0.1) is 0 Å². The molecule has 2 aromatic carbocycles. The molecular weight excluding hydrogens is 246 g/mol. The summed E-state index contributed by atoms with van der Waals surface area (Å²) < 4.78 is 5.11. The van der Waals surface area contributed by atoms with Gasteiger partial charge in [0, 0.05) is 24.9 Å². The molecule has 0 fully saturated rings. The van der Waals surface area contributed by atoms with E-state index in [1.54, 1.807) is 7.11 Å². The normalized spacial score (nSPS) is 10.8. The van der Waals surface area contributed by atoms with Gasteiger partial charge in [0.1, 0.15) is 0 Å². The highest BCUT2D eigenvalue weighted by Gasteiger charge is 2.03. The van der Waals surface area contributed by atoms with Crippen molar-refractivity contribution in [2.45, 2.75) is 6.42 Å². The molecule has 3 rings (SSSR count). The van der Waals surface area contributed by atoms with Crippen LogP contribution < -0.4 is 0 Å². The Morgan fingerprint density at radius 1 is 1.00 bits per heavy atom. The first-order valence-corrected chi connectivity index (χ1v) is 6.79. The van der Waals surface area contributed by atoms with E-state index >= 15 is 0 Å². The highest BCUT2D eigenvalue weighted by atomic mass is 16.5. The van der Waals surface area contributed by atoms with Crippen LogP contribution >= 0.6 is 0 Å². The van der Waals surface area contributed by atoms with E-state index in [1.807, 2.05) is 18.5 Å². The van der Waals surface area contributed by atoms with Crippen LogP contribution in [0.2, 0.25) is 0 Å². The van der Waals surface area contributed by atoms with Gasteiger partial charge in [0.05, 0.1) is 6.61 Å². The lowest BCUT2D eigenvalue weighted by molar-refractivity contribution is 0.202. The van der Waals surface area contributed by atoms with Gasteiger partial charge < -0.3 is 4.74 Å². The molecule has 0 aliphatic rings. The Labute approximate surface area is 119 Å². The average molecular weight is 263 g/mol. The number of nitrogens with zero attached hydrogens (tertiary/aromatic N) is 1. The van der Waals surface area contributed by atoms with E-state index in [-0.39, 0.29) is 0 Å². The van der Waals surface area contributed by atoms with Gasteiger partial charge in [0.25, 0.3) is 0 Å². The first-order chi connectivity index (χ1) is 9.88. The van der Waals surface area contributed by atoms with Gasteiger partial charge in [0.2, 0.25) is 0 Å². The van der Waals surface area contributed by atoms with Crippen LogP contribution in [0.25, 0.3) is 21.9 Å². The fourth-order valence-corrected chi connectivity index (χ4v) is 2.44. The Hall–Kier alpha value is -2.19. The fourth-order valence-electron chi connectivity index (χ4n) is 2.44. The molecule has 100 valence electrons. The van der Waals surface area contributed by atoms with Crippen molar-refractivity contribution in [3.8, 4) is 11.1 Å². The monoisotopic (exact) mass is 263 g/mol. The second-order valence-corrected chi connectivity index (χ2v) is 4.84. The van der Waals surface area contributed by atoms with E-state index in [4.69, 9.17) is 4.74 Å². The zero-order chi connectivity index (χ0) is 13.8. The molecule has 20 heavy (non-hydrogen) atoms. The number of methoxy groups -OCH3 is 1. The lowest BCUT2D eigenvalue weighted by Crippen LogP contribution is -1.94. The number of hydrogen-bond donors (Lipinski definition) is 0. The van der Waals surface area contributed by atoms with E-state index in [0.717, 1.165) is 13.0 Å². The SMILES string of the molecule is COCCc1ccc(-c2cccc3ccncc23)cc1. The van der Waals surface area contributed by atoms with Crippen LogP contribution in [0.3, 0.4) is 0 Å². The zero-order valence-electron chi connectivity index (χ0n) is 11.5. The van der Waals surface area contributed by atoms with Crippen molar-refractivity contribution in [3.05, 3.63) is 66.5 Å². The Morgan fingerprint density at radius 3 is 2.65 bits per heavy atom. The quantitative estimate of drug-likeness (QED) is 0.707. The van der Waals surface area contributed by atoms with E-state index in [9.17, 15) is 0 Å². The first-order valence-electron chi connectivity index (χ1n) is 6.79. The summed E-state index contributed by atoms with van der Waals surface area (Å²) in [6, 6.07) is 17.1. The van der Waals surface area contributed by atoms with Crippen LogP contribution in [0, 0.1) is 0 Å². The largest absolute Gasteiger partial charge is 0.384 e. The van der Waals surface area contributed by atoms with Crippen molar-refractivity contribution in [1.82, 2.24) is 4.98 Å². The number of ether oxygens (including phenoxy) is 1. The Bertz CT molecular complexity index is 699. The second-order valence-electron chi connectivity index (χ2n) is 4.84. The predicted molar refractivity (Wildman–Crippen MR) is 82.8 cm³/mol. The third-order valence-corrected chi connectivity index (χ3v) is 3.54. The summed E-state index contributed by atoms with van der Waals surface area (Å²) >= 11 is 0. The number of rotatable bonds is 4. The minimum Gasteiger partial charge on any atom is -0.384 e. The zero-order valence-corrected chi connectivity index (χ0v) is 11.5. The van der Waals surface area contributed by atoms with Crippen LogP contribution in [0.15, 0.2) is 60.9 Å². The molecule has 0 saturated heterocycles. The minimum absolute atomic E-state index is 0.761. The summed E-state index contributed by atoms with van der Waals surface area (Å²) in [5.74, 6) is 0. The summed E-state index contributed by atoms with van der Waals surface area (Å²) in [5, 5.41) is 2.42. The van der Waals surface area contributed by atoms with E-state index in [2.05, 4.69) is 47.4 Å². The van der Waals surface area contributed by atoms with Crippen molar-refractivity contribution < 1.29 is 4.74 Å². The van der Waals surface area contributed by atoms with E-state index in [1.165, 1.54) is 27.5 Å². The van der Waals surface area contributed by atoms with Crippen LogP contribution in [-0.4, -0.2) is 18.7 Å². The summed E-state index contributed by atoms with van der Waals surface area (Å²) in [4.78, 5) is 4.24. The summed E-state index contributed by atoms with van der Waals surface area (Å²) in [7, 11) is 1.73. The van der Waals surface area contributed by atoms with E-state index in [0.29, 0.717) is 0 Å². The number of pyridine rings is 1. The molecule has 1 aromatic heterocycles. The number of aromatic nitrogens is 1. The molecule has 2 nitrogen and oxygen atoms in total. The molecule has 0 aliphatic carbocycles. The number of hydrogen-bond acceptors (Lipinski definition) is 2. The standard InChI is InChI=1S/C18H17NO/c1-20-12-10-14-5-7-16(8-6-14)17-4-2-3-15-9-11-19-13-18(15)17/h2-9,11,13H,10,12H2,1H3. The van der Waals surface area contributed by atoms with Crippen molar-refractivity contribution >= 4 is 10.8 Å². The maximum absolute atomic E-state index is 5.11. The molecule has 0 bridgehead atoms. The number of fused-ring (bicyclic) bond motifs is 1. The average Bonchev–Trinajstić information content (AvgIpc) is 2.53. The lowest BCUT2D eigenvalue weighted by atomic mass is 9.98. The van der Waals surface area contributed by atoms with Gasteiger partial charge >= 0.3 is 0 Å². The third-order valence-electron chi connectivity index (χ3n) is 3.54. The van der Waals surface area contributed by atoms with Gasteiger partial charge in [-0.2, -0.15) is 0 Å². The van der Waals surface area contributed by atoms with Crippen molar-refractivity contribution in [1.29, 1.82) is 0 Å². The molecule has 3 aromatic rings. The van der Waals surface area contributed by atoms with E-state index < -0.39 is 0 Å². The fraction of sp³-hybridized carbons (Fsp3) is 0.167. The van der Waals surface area contributed by atoms with Crippen LogP contribution in [0.5, 0.6) is 0 Å². The summed E-state index contributed by atoms with van der Waals surface area (Å²) in [5.41, 5.74) is 3.76. The maximum Gasteiger partial charge on any atom is 0.0502 e. The van der Waals surface area contributed by atoms with Crippen molar-refractivity contribution in [2.75, 3.05) is 13.7 Å². The molecule has 0 aliphatic heterocycles. The van der Waals surface area contributed by atoms with Gasteiger partial charge in [-0.05, 0) is 34.6 Å². The number of benzene rings is 2. The lowest BCUT2D eigenvalue weighted by Gasteiger charge is -2.07. The molecule has 0 radical (unpaired) electrons. The van der Waals surface area contributed by atoms with Gasteiger partial charge in [-0.25, -0.2) is 0 Å².